The van der Waals surface area contributed by atoms with Gasteiger partial charge in [-0.3, -0.25) is 9.58 Å². The fraction of sp³-hybridized carbons (Fsp3) is 0.727. The predicted octanol–water partition coefficient (Wildman–Crippen LogP) is 0.904. The minimum absolute atomic E-state index is 0.256. The summed E-state index contributed by atoms with van der Waals surface area (Å²) >= 11 is 0. The van der Waals surface area contributed by atoms with Gasteiger partial charge in [0.25, 0.3) is 0 Å². The van der Waals surface area contributed by atoms with Crippen LogP contribution in [-0.2, 0) is 7.05 Å². The monoisotopic (exact) mass is 208 g/mol. The number of nitrogens with two attached hydrogens (primary N) is 1. The first kappa shape index (κ1) is 10.6. The van der Waals surface area contributed by atoms with E-state index in [1.165, 1.54) is 12.1 Å². The van der Waals surface area contributed by atoms with Crippen LogP contribution in [-0.4, -0.2) is 33.8 Å². The molecule has 2 N–H and O–H groups in total. The van der Waals surface area contributed by atoms with Crippen molar-refractivity contribution in [3.05, 3.63) is 18.0 Å². The maximum absolute atomic E-state index is 6.18. The average Bonchev–Trinajstić information content (AvgIpc) is 2.75. The molecule has 4 heteroatoms. The second-order valence-electron chi connectivity index (χ2n) is 4.31. The highest BCUT2D eigenvalue weighted by atomic mass is 15.3. The lowest BCUT2D eigenvalue weighted by molar-refractivity contribution is 0.239. The normalized spacial score (nSPS) is 27.4. The van der Waals surface area contributed by atoms with Crippen LogP contribution in [0.4, 0.5) is 0 Å². The van der Waals surface area contributed by atoms with Gasteiger partial charge in [-0.1, -0.05) is 6.92 Å². The van der Waals surface area contributed by atoms with E-state index in [9.17, 15) is 0 Å². The van der Waals surface area contributed by atoms with Crippen molar-refractivity contribution < 1.29 is 0 Å². The zero-order valence-electron chi connectivity index (χ0n) is 9.56. The quantitative estimate of drug-likeness (QED) is 0.803. The average molecular weight is 208 g/mol. The third kappa shape index (κ3) is 1.92. The van der Waals surface area contributed by atoms with E-state index < -0.39 is 0 Å². The Morgan fingerprint density at radius 2 is 2.40 bits per heavy atom. The second kappa shape index (κ2) is 4.33. The molecule has 84 valence electrons. The molecule has 0 saturated carbocycles. The Bertz CT molecular complexity index is 318. The topological polar surface area (TPSA) is 47.1 Å². The molecular formula is C11H20N4. The van der Waals surface area contributed by atoms with Crippen LogP contribution in [0.3, 0.4) is 0 Å². The molecule has 0 spiro atoms. The highest BCUT2D eigenvalue weighted by Crippen LogP contribution is 2.30. The largest absolute Gasteiger partial charge is 0.326 e. The predicted molar refractivity (Wildman–Crippen MR) is 60.4 cm³/mol. The molecule has 2 rings (SSSR count). The summed E-state index contributed by atoms with van der Waals surface area (Å²) < 4.78 is 1.94. The van der Waals surface area contributed by atoms with Crippen LogP contribution in [0.5, 0.6) is 0 Å². The van der Waals surface area contributed by atoms with Gasteiger partial charge >= 0.3 is 0 Å². The second-order valence-corrected chi connectivity index (χ2v) is 4.31. The first-order valence-electron chi connectivity index (χ1n) is 5.71. The summed E-state index contributed by atoms with van der Waals surface area (Å²) in [6.07, 6.45) is 4.13. The molecule has 0 radical (unpaired) electrons. The molecule has 15 heavy (non-hydrogen) atoms. The van der Waals surface area contributed by atoms with Gasteiger partial charge in [-0.2, -0.15) is 5.10 Å². The van der Waals surface area contributed by atoms with Crippen molar-refractivity contribution in [3.8, 4) is 0 Å². The summed E-state index contributed by atoms with van der Waals surface area (Å²) in [7, 11) is 1.99. The van der Waals surface area contributed by atoms with E-state index >= 15 is 0 Å². The van der Waals surface area contributed by atoms with Crippen molar-refractivity contribution in [1.29, 1.82) is 0 Å². The Morgan fingerprint density at radius 3 is 3.00 bits per heavy atom. The van der Waals surface area contributed by atoms with Crippen LogP contribution >= 0.6 is 0 Å². The number of nitrogens with zero attached hydrogens (tertiary/aromatic N) is 3. The van der Waals surface area contributed by atoms with Crippen molar-refractivity contribution in [3.63, 3.8) is 0 Å². The number of aryl methyl sites for hydroxylation is 1. The lowest BCUT2D eigenvalue weighted by atomic mass is 10.1. The molecule has 1 aromatic rings. The molecule has 1 aromatic heterocycles. The van der Waals surface area contributed by atoms with E-state index in [2.05, 4.69) is 23.0 Å². The number of hydrogen-bond acceptors (Lipinski definition) is 3. The molecule has 0 unspecified atom stereocenters. The molecule has 0 aromatic carbocycles. The molecule has 4 nitrogen and oxygen atoms in total. The van der Waals surface area contributed by atoms with E-state index in [1.807, 2.05) is 17.9 Å². The third-order valence-corrected chi connectivity index (χ3v) is 3.22. The van der Waals surface area contributed by atoms with Crippen molar-refractivity contribution in [2.45, 2.75) is 31.8 Å². The van der Waals surface area contributed by atoms with Gasteiger partial charge in [-0.05, 0) is 25.5 Å². The fourth-order valence-electron chi connectivity index (χ4n) is 2.50. The molecule has 1 aliphatic rings. The van der Waals surface area contributed by atoms with Gasteiger partial charge in [0, 0.05) is 25.8 Å². The van der Waals surface area contributed by atoms with E-state index in [-0.39, 0.29) is 6.04 Å². The molecule has 1 aliphatic heterocycles. The molecule has 1 fully saturated rings. The molecular weight excluding hydrogens is 188 g/mol. The van der Waals surface area contributed by atoms with E-state index in [1.54, 1.807) is 0 Å². The van der Waals surface area contributed by atoms with Gasteiger partial charge in [0.15, 0.2) is 0 Å². The summed E-state index contributed by atoms with van der Waals surface area (Å²) in [4.78, 5) is 2.47. The lowest BCUT2D eigenvalue weighted by Gasteiger charge is -2.26. The Kier molecular flexibility index (Phi) is 3.07. The molecule has 0 aliphatic carbocycles. The number of rotatable bonds is 3. The van der Waals surface area contributed by atoms with Crippen LogP contribution in [0.25, 0.3) is 0 Å². The summed E-state index contributed by atoms with van der Waals surface area (Å²) in [5, 5.41) is 4.22. The maximum Gasteiger partial charge on any atom is 0.0670 e. The van der Waals surface area contributed by atoms with Gasteiger partial charge < -0.3 is 5.73 Å². The Labute approximate surface area is 91.1 Å². The Balaban J connectivity index is 2.21. The molecule has 0 bridgehead atoms. The number of hydrogen-bond donors (Lipinski definition) is 1. The minimum Gasteiger partial charge on any atom is -0.326 e. The van der Waals surface area contributed by atoms with Crippen LogP contribution in [0.15, 0.2) is 12.3 Å². The van der Waals surface area contributed by atoms with Gasteiger partial charge in [0.1, 0.15) is 0 Å². The van der Waals surface area contributed by atoms with Gasteiger partial charge in [0.05, 0.1) is 11.7 Å². The Hall–Kier alpha value is -0.870. The fourth-order valence-corrected chi connectivity index (χ4v) is 2.50. The standard InChI is InChI=1S/C11H20N4/c1-3-7-15-8-5-9(12)11(15)10-4-6-13-14(10)2/h4,6,9,11H,3,5,7-8,12H2,1-2H3/t9-,11-/m1/s1. The highest BCUT2D eigenvalue weighted by Gasteiger charge is 2.33. The van der Waals surface area contributed by atoms with E-state index in [4.69, 9.17) is 5.73 Å². The smallest absolute Gasteiger partial charge is 0.0670 e. The maximum atomic E-state index is 6.18. The number of aromatic nitrogens is 2. The SMILES string of the molecule is CCCN1CC[C@@H](N)[C@@H]1c1ccnn1C. The van der Waals surface area contributed by atoms with Gasteiger partial charge in [0.2, 0.25) is 0 Å². The van der Waals surface area contributed by atoms with Crippen molar-refractivity contribution in [1.82, 2.24) is 14.7 Å². The zero-order valence-corrected chi connectivity index (χ0v) is 9.56. The zero-order chi connectivity index (χ0) is 10.8. The van der Waals surface area contributed by atoms with Crippen LogP contribution < -0.4 is 5.73 Å². The first-order valence-corrected chi connectivity index (χ1v) is 5.71. The summed E-state index contributed by atoms with van der Waals surface area (Å²) in [6.45, 7) is 4.46. The van der Waals surface area contributed by atoms with Gasteiger partial charge in [-0.15, -0.1) is 0 Å². The van der Waals surface area contributed by atoms with E-state index in [0.717, 1.165) is 19.5 Å². The molecule has 2 atom stereocenters. The summed E-state index contributed by atoms with van der Waals surface area (Å²) in [5.41, 5.74) is 7.42. The summed E-state index contributed by atoms with van der Waals surface area (Å²) in [5.74, 6) is 0. The minimum atomic E-state index is 0.256. The van der Waals surface area contributed by atoms with Crippen molar-refractivity contribution in [2.24, 2.45) is 12.8 Å². The van der Waals surface area contributed by atoms with Crippen LogP contribution in [0, 0.1) is 0 Å². The lowest BCUT2D eigenvalue weighted by Crippen LogP contribution is -2.33. The van der Waals surface area contributed by atoms with Crippen LogP contribution in [0.1, 0.15) is 31.5 Å². The summed E-state index contributed by atoms with van der Waals surface area (Å²) in [6, 6.07) is 2.70. The number of likely N-dealkylation sites (tertiary alicyclic amines) is 1. The van der Waals surface area contributed by atoms with E-state index in [0.29, 0.717) is 6.04 Å². The van der Waals surface area contributed by atoms with Crippen LogP contribution in [0.2, 0.25) is 0 Å². The van der Waals surface area contributed by atoms with Crippen molar-refractivity contribution >= 4 is 0 Å². The Morgan fingerprint density at radius 1 is 1.60 bits per heavy atom. The van der Waals surface area contributed by atoms with Gasteiger partial charge in [-0.25, -0.2) is 0 Å². The third-order valence-electron chi connectivity index (χ3n) is 3.22. The highest BCUT2D eigenvalue weighted by molar-refractivity contribution is 5.12. The first-order chi connectivity index (χ1) is 7.24. The molecule has 2 heterocycles. The molecule has 0 amide bonds. The molecule has 1 saturated heterocycles. The van der Waals surface area contributed by atoms with Crippen molar-refractivity contribution in [2.75, 3.05) is 13.1 Å².